The molecule has 3 rings (SSSR count). The van der Waals surface area contributed by atoms with Gasteiger partial charge in [0.05, 0.1) is 19.4 Å². The van der Waals surface area contributed by atoms with E-state index in [-0.39, 0.29) is 30.3 Å². The lowest BCUT2D eigenvalue weighted by Gasteiger charge is -2.30. The Hall–Kier alpha value is -2.50. The fourth-order valence-electron chi connectivity index (χ4n) is 3.89. The van der Waals surface area contributed by atoms with E-state index < -0.39 is 0 Å². The minimum atomic E-state index is -0.0294. The molecule has 0 aromatic carbocycles. The van der Waals surface area contributed by atoms with Gasteiger partial charge in [-0.25, -0.2) is 0 Å². The quantitative estimate of drug-likeness (QED) is 0.520. The highest BCUT2D eigenvalue weighted by atomic mass is 16.3. The minimum Gasteiger partial charge on any atom is -0.467 e. The third-order valence-electron chi connectivity index (χ3n) is 6.01. The number of aryl methyl sites for hydroxylation is 1. The van der Waals surface area contributed by atoms with Gasteiger partial charge < -0.3 is 18.8 Å². The number of unbranched alkanes of at least 4 members (excludes halogenated alkanes) is 1. The van der Waals surface area contributed by atoms with Crippen molar-refractivity contribution in [2.45, 2.75) is 71.5 Å². The predicted octanol–water partition coefficient (Wildman–Crippen LogP) is 4.35. The molecule has 164 valence electrons. The molecule has 0 saturated heterocycles. The summed E-state index contributed by atoms with van der Waals surface area (Å²) in [6.45, 7) is 5.26. The standard InChI is InChI=1S/C24H35N3O3/c1-4-6-9-19(5-2)24(29)27(20-12-13-20)18-23(28)26(17-22-11-8-15-30-22)16-21-10-7-14-25(21)3/h7-8,10-11,14-15,19-20H,4-6,9,12-13,16-18H2,1-3H3. The fourth-order valence-corrected chi connectivity index (χ4v) is 3.89. The van der Waals surface area contributed by atoms with E-state index in [2.05, 4.69) is 13.8 Å². The van der Waals surface area contributed by atoms with Gasteiger partial charge in [0.1, 0.15) is 12.3 Å². The monoisotopic (exact) mass is 413 g/mol. The van der Waals surface area contributed by atoms with Crippen molar-refractivity contribution in [1.82, 2.24) is 14.4 Å². The molecule has 1 aliphatic rings. The van der Waals surface area contributed by atoms with Crippen LogP contribution in [0.1, 0.15) is 63.8 Å². The van der Waals surface area contributed by atoms with E-state index in [0.717, 1.165) is 50.0 Å². The molecule has 1 unspecified atom stereocenters. The normalized spacial score (nSPS) is 14.5. The summed E-state index contributed by atoms with van der Waals surface area (Å²) in [6.07, 6.45) is 9.47. The lowest BCUT2D eigenvalue weighted by atomic mass is 9.97. The second kappa shape index (κ2) is 10.5. The molecule has 1 aliphatic carbocycles. The summed E-state index contributed by atoms with van der Waals surface area (Å²) in [4.78, 5) is 30.2. The topological polar surface area (TPSA) is 58.7 Å². The van der Waals surface area contributed by atoms with Gasteiger partial charge in [0.2, 0.25) is 11.8 Å². The lowest BCUT2D eigenvalue weighted by Crippen LogP contribution is -2.45. The number of nitrogens with zero attached hydrogens (tertiary/aromatic N) is 3. The molecule has 1 saturated carbocycles. The van der Waals surface area contributed by atoms with Crippen LogP contribution < -0.4 is 0 Å². The number of furan rings is 1. The van der Waals surface area contributed by atoms with E-state index in [1.54, 1.807) is 11.2 Å². The average Bonchev–Trinajstić information content (AvgIpc) is 3.30. The predicted molar refractivity (Wildman–Crippen MR) is 116 cm³/mol. The van der Waals surface area contributed by atoms with Gasteiger partial charge in [0, 0.05) is 30.9 Å². The number of aromatic nitrogens is 1. The second-order valence-corrected chi connectivity index (χ2v) is 8.38. The van der Waals surface area contributed by atoms with E-state index in [9.17, 15) is 9.59 Å². The largest absolute Gasteiger partial charge is 0.467 e. The Balaban J connectivity index is 1.73. The van der Waals surface area contributed by atoms with Gasteiger partial charge in [-0.15, -0.1) is 0 Å². The zero-order chi connectivity index (χ0) is 21.5. The highest BCUT2D eigenvalue weighted by Crippen LogP contribution is 2.30. The zero-order valence-electron chi connectivity index (χ0n) is 18.5. The van der Waals surface area contributed by atoms with Crippen LogP contribution in [-0.4, -0.2) is 38.8 Å². The Labute approximate surface area is 179 Å². The second-order valence-electron chi connectivity index (χ2n) is 8.38. The summed E-state index contributed by atoms with van der Waals surface area (Å²) in [6, 6.07) is 7.93. The molecule has 2 amide bonds. The molecule has 2 heterocycles. The molecule has 0 spiro atoms. The third-order valence-corrected chi connectivity index (χ3v) is 6.01. The van der Waals surface area contributed by atoms with E-state index in [1.165, 1.54) is 0 Å². The van der Waals surface area contributed by atoms with Crippen LogP contribution in [0.3, 0.4) is 0 Å². The summed E-state index contributed by atoms with van der Waals surface area (Å²) in [5, 5.41) is 0. The number of hydrogen-bond acceptors (Lipinski definition) is 3. The molecule has 30 heavy (non-hydrogen) atoms. The van der Waals surface area contributed by atoms with Gasteiger partial charge in [0.25, 0.3) is 0 Å². The van der Waals surface area contributed by atoms with Gasteiger partial charge in [-0.2, -0.15) is 0 Å². The molecule has 6 nitrogen and oxygen atoms in total. The summed E-state index contributed by atoms with van der Waals surface area (Å²) >= 11 is 0. The van der Waals surface area contributed by atoms with E-state index in [1.807, 2.05) is 47.0 Å². The molecule has 1 fully saturated rings. The number of amides is 2. The number of carbonyl (C=O) groups is 2. The Bertz CT molecular complexity index is 808. The molecule has 6 heteroatoms. The van der Waals surface area contributed by atoms with Crippen LogP contribution >= 0.6 is 0 Å². The van der Waals surface area contributed by atoms with E-state index >= 15 is 0 Å². The van der Waals surface area contributed by atoms with Crippen LogP contribution in [0.2, 0.25) is 0 Å². The van der Waals surface area contributed by atoms with Gasteiger partial charge in [-0.1, -0.05) is 26.7 Å². The first-order chi connectivity index (χ1) is 14.5. The number of hydrogen-bond donors (Lipinski definition) is 0. The van der Waals surface area contributed by atoms with E-state index in [4.69, 9.17) is 4.42 Å². The molecule has 2 aromatic heterocycles. The van der Waals surface area contributed by atoms with Crippen molar-refractivity contribution in [1.29, 1.82) is 0 Å². The highest BCUT2D eigenvalue weighted by Gasteiger charge is 2.37. The Morgan fingerprint density at radius 1 is 1.20 bits per heavy atom. The smallest absolute Gasteiger partial charge is 0.242 e. The summed E-state index contributed by atoms with van der Waals surface area (Å²) < 4.78 is 7.51. The first-order valence-electron chi connectivity index (χ1n) is 11.2. The van der Waals surface area contributed by atoms with E-state index in [0.29, 0.717) is 13.1 Å². The van der Waals surface area contributed by atoms with Crippen molar-refractivity contribution >= 4 is 11.8 Å². The minimum absolute atomic E-state index is 0.0183. The van der Waals surface area contributed by atoms with Crippen molar-refractivity contribution in [3.8, 4) is 0 Å². The van der Waals surface area contributed by atoms with Gasteiger partial charge in [-0.3, -0.25) is 9.59 Å². The van der Waals surface area contributed by atoms with Gasteiger partial charge in [0.15, 0.2) is 0 Å². The first-order valence-corrected chi connectivity index (χ1v) is 11.2. The molecule has 0 bridgehead atoms. The molecular formula is C24H35N3O3. The van der Waals surface area contributed by atoms with Crippen molar-refractivity contribution in [3.05, 3.63) is 48.2 Å². The maximum Gasteiger partial charge on any atom is 0.242 e. The third kappa shape index (κ3) is 5.77. The summed E-state index contributed by atoms with van der Waals surface area (Å²) in [5.41, 5.74) is 1.05. The highest BCUT2D eigenvalue weighted by molar-refractivity contribution is 5.86. The summed E-state index contributed by atoms with van der Waals surface area (Å²) in [7, 11) is 1.98. The first kappa shape index (κ1) is 22.2. The Morgan fingerprint density at radius 2 is 2.00 bits per heavy atom. The Morgan fingerprint density at radius 3 is 2.57 bits per heavy atom. The SMILES string of the molecule is CCCCC(CC)C(=O)N(CC(=O)N(Cc1ccco1)Cc1cccn1C)C1CC1. The lowest BCUT2D eigenvalue weighted by molar-refractivity contribution is -0.144. The summed E-state index contributed by atoms with van der Waals surface area (Å²) in [5.74, 6) is 0.887. The number of rotatable bonds is 12. The number of carbonyl (C=O) groups excluding carboxylic acids is 2. The van der Waals surface area contributed by atoms with Crippen LogP contribution in [0, 0.1) is 5.92 Å². The molecular weight excluding hydrogens is 378 g/mol. The molecule has 0 aliphatic heterocycles. The van der Waals surface area contributed by atoms with Crippen LogP contribution in [0.15, 0.2) is 41.1 Å². The molecule has 0 N–H and O–H groups in total. The molecule has 2 aromatic rings. The maximum atomic E-state index is 13.4. The van der Waals surface area contributed by atoms with Gasteiger partial charge in [-0.05, 0) is 49.9 Å². The van der Waals surface area contributed by atoms with Crippen LogP contribution in [0.25, 0.3) is 0 Å². The fraction of sp³-hybridized carbons (Fsp3) is 0.583. The Kier molecular flexibility index (Phi) is 7.77. The maximum absolute atomic E-state index is 13.4. The van der Waals surface area contributed by atoms with Crippen molar-refractivity contribution in [3.63, 3.8) is 0 Å². The zero-order valence-corrected chi connectivity index (χ0v) is 18.5. The van der Waals surface area contributed by atoms with Crippen LogP contribution in [-0.2, 0) is 29.7 Å². The average molecular weight is 414 g/mol. The van der Waals surface area contributed by atoms with Crippen molar-refractivity contribution < 1.29 is 14.0 Å². The van der Waals surface area contributed by atoms with Gasteiger partial charge >= 0.3 is 0 Å². The van der Waals surface area contributed by atoms with Crippen LogP contribution in [0.5, 0.6) is 0 Å². The van der Waals surface area contributed by atoms with Crippen molar-refractivity contribution in [2.24, 2.45) is 13.0 Å². The molecule has 0 radical (unpaired) electrons. The van der Waals surface area contributed by atoms with Crippen molar-refractivity contribution in [2.75, 3.05) is 6.54 Å². The molecule has 1 atom stereocenters. The van der Waals surface area contributed by atoms with Crippen LogP contribution in [0.4, 0.5) is 0 Å².